The van der Waals surface area contributed by atoms with Gasteiger partial charge in [-0.1, -0.05) is 29.8 Å². The number of hydrogen-bond acceptors (Lipinski definition) is 2. The minimum Gasteiger partial charge on any atom is -0.353 e. The number of carbonyl (C=O) groups is 1. The van der Waals surface area contributed by atoms with E-state index in [2.05, 4.69) is 55.3 Å². The number of benzene rings is 1. The molecule has 1 aromatic rings. The predicted molar refractivity (Wildman–Crippen MR) is 87.4 cm³/mol. The summed E-state index contributed by atoms with van der Waals surface area (Å²) in [6, 6.07) is 9.42. The lowest BCUT2D eigenvalue weighted by atomic mass is 10.0. The molecule has 3 heteroatoms. The molecule has 1 aromatic carbocycles. The summed E-state index contributed by atoms with van der Waals surface area (Å²) in [5, 5.41) is 3.19. The van der Waals surface area contributed by atoms with Crippen LogP contribution in [0.3, 0.4) is 0 Å². The van der Waals surface area contributed by atoms with Gasteiger partial charge >= 0.3 is 0 Å². The van der Waals surface area contributed by atoms with E-state index >= 15 is 0 Å². The lowest BCUT2D eigenvalue weighted by molar-refractivity contribution is -0.122. The van der Waals surface area contributed by atoms with E-state index in [4.69, 9.17) is 0 Å². The molecule has 0 saturated carbocycles. The van der Waals surface area contributed by atoms with Crippen LogP contribution in [0.2, 0.25) is 0 Å². The second kappa shape index (κ2) is 7.60. The zero-order chi connectivity index (χ0) is 15.2. The van der Waals surface area contributed by atoms with E-state index in [1.165, 1.54) is 11.1 Å². The van der Waals surface area contributed by atoms with Crippen LogP contribution in [0.1, 0.15) is 44.2 Å². The van der Waals surface area contributed by atoms with Crippen LogP contribution in [0.4, 0.5) is 0 Å². The highest BCUT2D eigenvalue weighted by molar-refractivity contribution is 5.76. The average Bonchev–Trinajstić information content (AvgIpc) is 2.47. The molecule has 21 heavy (non-hydrogen) atoms. The number of carbonyl (C=O) groups excluding carboxylic acids is 1. The van der Waals surface area contributed by atoms with Gasteiger partial charge in [0, 0.05) is 31.6 Å². The fourth-order valence-corrected chi connectivity index (χ4v) is 2.87. The van der Waals surface area contributed by atoms with Crippen LogP contribution in [-0.2, 0) is 11.2 Å². The van der Waals surface area contributed by atoms with Crippen molar-refractivity contribution in [2.75, 3.05) is 13.1 Å². The number of nitrogens with one attached hydrogen (secondary N) is 1. The Morgan fingerprint density at radius 2 is 1.86 bits per heavy atom. The third-order valence-corrected chi connectivity index (χ3v) is 4.39. The Bertz CT molecular complexity index is 445. The molecule has 1 saturated heterocycles. The van der Waals surface area contributed by atoms with Crippen molar-refractivity contribution in [3.8, 4) is 0 Å². The van der Waals surface area contributed by atoms with Gasteiger partial charge in [0.25, 0.3) is 0 Å². The molecular weight excluding hydrogens is 260 g/mol. The molecule has 0 unspecified atom stereocenters. The van der Waals surface area contributed by atoms with E-state index in [1.54, 1.807) is 0 Å². The van der Waals surface area contributed by atoms with Crippen molar-refractivity contribution < 1.29 is 4.79 Å². The zero-order valence-corrected chi connectivity index (χ0v) is 13.6. The normalized spacial score (nSPS) is 17.1. The van der Waals surface area contributed by atoms with E-state index in [0.29, 0.717) is 18.5 Å². The van der Waals surface area contributed by atoms with Crippen molar-refractivity contribution in [2.24, 2.45) is 0 Å². The van der Waals surface area contributed by atoms with E-state index in [-0.39, 0.29) is 5.91 Å². The van der Waals surface area contributed by atoms with Crippen LogP contribution in [-0.4, -0.2) is 36.0 Å². The zero-order valence-electron chi connectivity index (χ0n) is 13.6. The lowest BCUT2D eigenvalue weighted by Crippen LogP contribution is -2.46. The largest absolute Gasteiger partial charge is 0.353 e. The summed E-state index contributed by atoms with van der Waals surface area (Å²) in [7, 11) is 0. The smallest absolute Gasteiger partial charge is 0.220 e. The van der Waals surface area contributed by atoms with Crippen LogP contribution < -0.4 is 5.32 Å². The summed E-state index contributed by atoms with van der Waals surface area (Å²) in [6.07, 6.45) is 3.58. The maximum atomic E-state index is 12.0. The Labute approximate surface area is 128 Å². The molecule has 116 valence electrons. The number of amides is 1. The van der Waals surface area contributed by atoms with Crippen LogP contribution in [0, 0.1) is 6.92 Å². The van der Waals surface area contributed by atoms with Crippen molar-refractivity contribution in [3.63, 3.8) is 0 Å². The summed E-state index contributed by atoms with van der Waals surface area (Å²) in [4.78, 5) is 14.5. The molecule has 1 aliphatic rings. The van der Waals surface area contributed by atoms with Gasteiger partial charge in [-0.05, 0) is 45.6 Å². The first-order valence-electron chi connectivity index (χ1n) is 8.13. The lowest BCUT2D eigenvalue weighted by Gasteiger charge is -2.34. The van der Waals surface area contributed by atoms with Crippen LogP contribution in [0.25, 0.3) is 0 Å². The van der Waals surface area contributed by atoms with Crippen LogP contribution in [0.5, 0.6) is 0 Å². The maximum absolute atomic E-state index is 12.0. The highest BCUT2D eigenvalue weighted by Gasteiger charge is 2.21. The fourth-order valence-electron chi connectivity index (χ4n) is 2.87. The molecule has 1 fully saturated rings. The third-order valence-electron chi connectivity index (χ3n) is 4.39. The van der Waals surface area contributed by atoms with Crippen LogP contribution >= 0.6 is 0 Å². The summed E-state index contributed by atoms with van der Waals surface area (Å²) >= 11 is 0. The van der Waals surface area contributed by atoms with E-state index < -0.39 is 0 Å². The van der Waals surface area contributed by atoms with Gasteiger partial charge in [-0.2, -0.15) is 0 Å². The number of nitrogens with zero attached hydrogens (tertiary/aromatic N) is 1. The molecule has 0 atom stereocenters. The van der Waals surface area contributed by atoms with Crippen LogP contribution in [0.15, 0.2) is 24.3 Å². The van der Waals surface area contributed by atoms with Gasteiger partial charge in [0.1, 0.15) is 0 Å². The van der Waals surface area contributed by atoms with Gasteiger partial charge in [0.15, 0.2) is 0 Å². The second-order valence-corrected chi connectivity index (χ2v) is 6.46. The van der Waals surface area contributed by atoms with Gasteiger partial charge in [0.05, 0.1) is 0 Å². The molecule has 1 N–H and O–H groups in total. The van der Waals surface area contributed by atoms with Crippen molar-refractivity contribution in [1.82, 2.24) is 10.2 Å². The Morgan fingerprint density at radius 1 is 1.24 bits per heavy atom. The Balaban J connectivity index is 1.69. The number of piperidine rings is 1. The molecule has 1 heterocycles. The average molecular weight is 288 g/mol. The van der Waals surface area contributed by atoms with Gasteiger partial charge in [-0.15, -0.1) is 0 Å². The first-order valence-corrected chi connectivity index (χ1v) is 8.13. The number of hydrogen-bond donors (Lipinski definition) is 1. The quantitative estimate of drug-likeness (QED) is 0.903. The van der Waals surface area contributed by atoms with Crippen molar-refractivity contribution >= 4 is 5.91 Å². The Morgan fingerprint density at radius 3 is 2.43 bits per heavy atom. The van der Waals surface area contributed by atoms with Gasteiger partial charge in [-0.25, -0.2) is 0 Å². The Hall–Kier alpha value is -1.35. The predicted octanol–water partition coefficient (Wildman–Crippen LogP) is 2.92. The second-order valence-electron chi connectivity index (χ2n) is 6.46. The van der Waals surface area contributed by atoms with Crippen molar-refractivity contribution in [2.45, 2.75) is 58.5 Å². The monoisotopic (exact) mass is 288 g/mol. The standard InChI is InChI=1S/C18H28N2O/c1-14(2)20-12-10-17(11-13-20)19-18(21)9-8-16-6-4-15(3)5-7-16/h4-7,14,17H,8-13H2,1-3H3,(H,19,21). The Kier molecular flexibility index (Phi) is 5.80. The highest BCUT2D eigenvalue weighted by atomic mass is 16.1. The first-order chi connectivity index (χ1) is 10.0. The van der Waals surface area contributed by atoms with E-state index in [9.17, 15) is 4.79 Å². The molecule has 1 amide bonds. The minimum atomic E-state index is 0.193. The molecule has 0 spiro atoms. The molecule has 0 bridgehead atoms. The third kappa shape index (κ3) is 5.16. The molecule has 1 aliphatic heterocycles. The van der Waals surface area contributed by atoms with Crippen molar-refractivity contribution in [1.29, 1.82) is 0 Å². The number of likely N-dealkylation sites (tertiary alicyclic amines) is 1. The van der Waals surface area contributed by atoms with Gasteiger partial charge in [-0.3, -0.25) is 4.79 Å². The molecule has 0 aromatic heterocycles. The summed E-state index contributed by atoms with van der Waals surface area (Å²) in [6.45, 7) is 8.75. The SMILES string of the molecule is Cc1ccc(CCC(=O)NC2CCN(C(C)C)CC2)cc1. The molecule has 0 radical (unpaired) electrons. The summed E-state index contributed by atoms with van der Waals surface area (Å²) in [5.41, 5.74) is 2.51. The van der Waals surface area contributed by atoms with E-state index in [0.717, 1.165) is 32.4 Å². The molecule has 3 nitrogen and oxygen atoms in total. The van der Waals surface area contributed by atoms with Gasteiger partial charge in [0.2, 0.25) is 5.91 Å². The summed E-state index contributed by atoms with van der Waals surface area (Å²) in [5.74, 6) is 0.193. The van der Waals surface area contributed by atoms with E-state index in [1.807, 2.05) is 0 Å². The van der Waals surface area contributed by atoms with Crippen molar-refractivity contribution in [3.05, 3.63) is 35.4 Å². The minimum absolute atomic E-state index is 0.193. The highest BCUT2D eigenvalue weighted by Crippen LogP contribution is 2.13. The fraction of sp³-hybridized carbons (Fsp3) is 0.611. The molecule has 0 aliphatic carbocycles. The molecular formula is C18H28N2O. The maximum Gasteiger partial charge on any atom is 0.220 e. The van der Waals surface area contributed by atoms with Gasteiger partial charge < -0.3 is 10.2 Å². The first kappa shape index (κ1) is 16.0. The summed E-state index contributed by atoms with van der Waals surface area (Å²) < 4.78 is 0. The topological polar surface area (TPSA) is 32.3 Å². The molecule has 2 rings (SSSR count). The number of rotatable bonds is 5. The number of aryl methyl sites for hydroxylation is 2.